The number of fused-ring (bicyclic) bond motifs is 1. The molecule has 3 atom stereocenters. The molecule has 2 aliphatic rings. The van der Waals surface area contributed by atoms with Crippen molar-refractivity contribution in [3.63, 3.8) is 0 Å². The van der Waals surface area contributed by atoms with Gasteiger partial charge in [-0.1, -0.05) is 37.3 Å². The molecule has 2 heterocycles. The van der Waals surface area contributed by atoms with Crippen molar-refractivity contribution in [2.24, 2.45) is 5.92 Å². The first kappa shape index (κ1) is 10.3. The van der Waals surface area contributed by atoms with Gasteiger partial charge in [0.05, 0.1) is 0 Å². The highest BCUT2D eigenvalue weighted by atomic mass is 15.2. The second kappa shape index (κ2) is 3.59. The Kier molecular flexibility index (Phi) is 2.32. The van der Waals surface area contributed by atoms with Crippen molar-refractivity contribution < 1.29 is 0 Å². The number of hydrogen-bond acceptors (Lipinski definition) is 1. The van der Waals surface area contributed by atoms with E-state index in [1.807, 2.05) is 0 Å². The van der Waals surface area contributed by atoms with Crippen molar-refractivity contribution in [3.8, 4) is 0 Å². The van der Waals surface area contributed by atoms with E-state index in [1.54, 1.807) is 5.56 Å². The topological polar surface area (TPSA) is 3.24 Å². The molecular weight excluding hydrogens is 194 g/mol. The van der Waals surface area contributed by atoms with Gasteiger partial charge in [0.2, 0.25) is 0 Å². The second-order valence-electron chi connectivity index (χ2n) is 5.77. The Morgan fingerprint density at radius 3 is 2.75 bits per heavy atom. The fourth-order valence-electron chi connectivity index (χ4n) is 4.11. The van der Waals surface area contributed by atoms with Crippen molar-refractivity contribution in [1.82, 2.24) is 4.90 Å². The first-order valence-electron chi connectivity index (χ1n) is 6.52. The largest absolute Gasteiger partial charge is 0.297 e. The van der Waals surface area contributed by atoms with Gasteiger partial charge in [0, 0.05) is 18.0 Å². The minimum absolute atomic E-state index is 0.431. The fourth-order valence-corrected chi connectivity index (χ4v) is 4.11. The Bertz CT molecular complexity index is 372. The molecule has 86 valence electrons. The van der Waals surface area contributed by atoms with Crippen LogP contribution in [0, 0.1) is 5.92 Å². The zero-order valence-corrected chi connectivity index (χ0v) is 10.3. The normalized spacial score (nSPS) is 38.9. The highest BCUT2D eigenvalue weighted by Crippen LogP contribution is 2.50. The van der Waals surface area contributed by atoms with Crippen LogP contribution >= 0.6 is 0 Å². The van der Waals surface area contributed by atoms with Crippen LogP contribution in [0.25, 0.3) is 0 Å². The lowest BCUT2D eigenvalue weighted by molar-refractivity contribution is 0.201. The lowest BCUT2D eigenvalue weighted by Gasteiger charge is -2.34. The van der Waals surface area contributed by atoms with Crippen molar-refractivity contribution in [2.75, 3.05) is 13.1 Å². The molecule has 2 saturated heterocycles. The summed E-state index contributed by atoms with van der Waals surface area (Å²) in [6.07, 6.45) is 2.75. The third kappa shape index (κ3) is 1.34. The number of benzene rings is 1. The van der Waals surface area contributed by atoms with E-state index in [1.165, 1.54) is 25.9 Å². The highest BCUT2D eigenvalue weighted by molar-refractivity contribution is 5.28. The summed E-state index contributed by atoms with van der Waals surface area (Å²) in [4.78, 5) is 2.72. The average Bonchev–Trinajstić information content (AvgIpc) is 2.72. The summed E-state index contributed by atoms with van der Waals surface area (Å²) < 4.78 is 0. The Morgan fingerprint density at radius 1 is 1.25 bits per heavy atom. The highest BCUT2D eigenvalue weighted by Gasteiger charge is 2.51. The summed E-state index contributed by atoms with van der Waals surface area (Å²) >= 11 is 0. The number of hydrogen-bond donors (Lipinski definition) is 0. The molecule has 16 heavy (non-hydrogen) atoms. The minimum atomic E-state index is 0.431. The predicted molar refractivity (Wildman–Crippen MR) is 67.6 cm³/mol. The fraction of sp³-hybridized carbons (Fsp3) is 0.600. The van der Waals surface area contributed by atoms with Crippen LogP contribution in [0.3, 0.4) is 0 Å². The smallest absolute Gasteiger partial charge is 0.0253 e. The van der Waals surface area contributed by atoms with Crippen LogP contribution in [0.5, 0.6) is 0 Å². The van der Waals surface area contributed by atoms with Gasteiger partial charge in [0.25, 0.3) is 0 Å². The SMILES string of the molecule is C[C@H]1CN2CCC[C@]2(C)[C@H]1c1ccccc1. The van der Waals surface area contributed by atoms with Crippen molar-refractivity contribution >= 4 is 0 Å². The van der Waals surface area contributed by atoms with Crippen molar-refractivity contribution in [3.05, 3.63) is 35.9 Å². The van der Waals surface area contributed by atoms with Crippen molar-refractivity contribution in [2.45, 2.75) is 38.1 Å². The maximum absolute atomic E-state index is 2.72. The standard InChI is InChI=1S/C15H21N/c1-12-11-16-10-6-9-15(16,2)14(12)13-7-4-3-5-8-13/h3-5,7-8,12,14H,6,9-11H2,1-2H3/t12-,14+,15+/m0/s1. The first-order chi connectivity index (χ1) is 7.72. The number of rotatable bonds is 1. The molecule has 1 aromatic rings. The molecule has 1 aromatic carbocycles. The molecule has 0 unspecified atom stereocenters. The van der Waals surface area contributed by atoms with Gasteiger partial charge >= 0.3 is 0 Å². The third-order valence-corrected chi connectivity index (χ3v) is 4.74. The average molecular weight is 215 g/mol. The molecular formula is C15H21N. The van der Waals surface area contributed by atoms with Gasteiger partial charge in [0.15, 0.2) is 0 Å². The van der Waals surface area contributed by atoms with E-state index in [0.29, 0.717) is 5.54 Å². The van der Waals surface area contributed by atoms with Crippen LogP contribution in [-0.2, 0) is 0 Å². The van der Waals surface area contributed by atoms with Gasteiger partial charge in [0.1, 0.15) is 0 Å². The maximum atomic E-state index is 2.72. The third-order valence-electron chi connectivity index (χ3n) is 4.74. The lowest BCUT2D eigenvalue weighted by atomic mass is 9.76. The first-order valence-corrected chi connectivity index (χ1v) is 6.52. The summed E-state index contributed by atoms with van der Waals surface area (Å²) in [7, 11) is 0. The minimum Gasteiger partial charge on any atom is -0.297 e. The van der Waals surface area contributed by atoms with E-state index < -0.39 is 0 Å². The molecule has 0 aromatic heterocycles. The van der Waals surface area contributed by atoms with Gasteiger partial charge in [-0.2, -0.15) is 0 Å². The molecule has 0 saturated carbocycles. The van der Waals surface area contributed by atoms with E-state index in [2.05, 4.69) is 49.1 Å². The van der Waals surface area contributed by atoms with E-state index >= 15 is 0 Å². The Balaban J connectivity index is 2.00. The Labute approximate surface area is 98.5 Å². The van der Waals surface area contributed by atoms with Gasteiger partial charge in [-0.25, -0.2) is 0 Å². The van der Waals surface area contributed by atoms with Crippen LogP contribution in [0.15, 0.2) is 30.3 Å². The summed E-state index contributed by atoms with van der Waals surface area (Å²) in [5, 5.41) is 0. The molecule has 1 heteroatoms. The zero-order valence-electron chi connectivity index (χ0n) is 10.3. The van der Waals surface area contributed by atoms with E-state index in [-0.39, 0.29) is 0 Å². The quantitative estimate of drug-likeness (QED) is 0.695. The van der Waals surface area contributed by atoms with E-state index in [0.717, 1.165) is 11.8 Å². The monoisotopic (exact) mass is 215 g/mol. The van der Waals surface area contributed by atoms with Crippen LogP contribution in [0.1, 0.15) is 38.2 Å². The van der Waals surface area contributed by atoms with Crippen LogP contribution in [-0.4, -0.2) is 23.5 Å². The van der Waals surface area contributed by atoms with E-state index in [9.17, 15) is 0 Å². The summed E-state index contributed by atoms with van der Waals surface area (Å²) in [6, 6.07) is 11.1. The molecule has 0 amide bonds. The van der Waals surface area contributed by atoms with Crippen LogP contribution in [0.2, 0.25) is 0 Å². The molecule has 1 nitrogen and oxygen atoms in total. The van der Waals surface area contributed by atoms with E-state index in [4.69, 9.17) is 0 Å². The summed E-state index contributed by atoms with van der Waals surface area (Å²) in [5.41, 5.74) is 1.97. The Hall–Kier alpha value is -0.820. The molecule has 0 N–H and O–H groups in total. The van der Waals surface area contributed by atoms with Gasteiger partial charge in [-0.15, -0.1) is 0 Å². The molecule has 2 aliphatic heterocycles. The molecule has 0 radical (unpaired) electrons. The van der Waals surface area contributed by atoms with Gasteiger partial charge < -0.3 is 0 Å². The molecule has 0 bridgehead atoms. The second-order valence-corrected chi connectivity index (χ2v) is 5.77. The predicted octanol–water partition coefficient (Wildman–Crippen LogP) is 3.27. The lowest BCUT2D eigenvalue weighted by Crippen LogP contribution is -2.38. The zero-order chi connectivity index (χ0) is 11.2. The van der Waals surface area contributed by atoms with Gasteiger partial charge in [-0.3, -0.25) is 4.90 Å². The summed E-state index contributed by atoms with van der Waals surface area (Å²) in [5.74, 6) is 1.53. The molecule has 0 spiro atoms. The molecule has 2 fully saturated rings. The Morgan fingerprint density at radius 2 is 2.00 bits per heavy atom. The van der Waals surface area contributed by atoms with Crippen LogP contribution < -0.4 is 0 Å². The molecule has 3 rings (SSSR count). The van der Waals surface area contributed by atoms with Crippen molar-refractivity contribution in [1.29, 1.82) is 0 Å². The number of nitrogens with zero attached hydrogens (tertiary/aromatic N) is 1. The summed E-state index contributed by atoms with van der Waals surface area (Å²) in [6.45, 7) is 7.49. The molecule has 0 aliphatic carbocycles. The van der Waals surface area contributed by atoms with Gasteiger partial charge in [-0.05, 0) is 37.8 Å². The maximum Gasteiger partial charge on any atom is 0.0253 e. The van der Waals surface area contributed by atoms with Crippen LogP contribution in [0.4, 0.5) is 0 Å².